The van der Waals surface area contributed by atoms with Gasteiger partial charge >= 0.3 is 12.0 Å². The van der Waals surface area contributed by atoms with Crippen molar-refractivity contribution in [1.82, 2.24) is 10.1 Å². The van der Waals surface area contributed by atoms with Gasteiger partial charge in [0.1, 0.15) is 11.5 Å². The van der Waals surface area contributed by atoms with E-state index in [0.717, 1.165) is 16.8 Å². The average molecular weight is 626 g/mol. The van der Waals surface area contributed by atoms with Gasteiger partial charge in [-0.2, -0.15) is 0 Å². The van der Waals surface area contributed by atoms with Gasteiger partial charge in [-0.3, -0.25) is 19.3 Å². The molecule has 1 saturated heterocycles. The van der Waals surface area contributed by atoms with Gasteiger partial charge in [0.25, 0.3) is 5.91 Å². The molecule has 4 amide bonds. The van der Waals surface area contributed by atoms with Crippen LogP contribution < -0.4 is 20.3 Å². The van der Waals surface area contributed by atoms with E-state index in [-0.39, 0.29) is 43.0 Å². The predicted molar refractivity (Wildman–Crippen MR) is 171 cm³/mol. The first-order valence-corrected chi connectivity index (χ1v) is 14.7. The van der Waals surface area contributed by atoms with Crippen LogP contribution in [0.4, 0.5) is 21.9 Å². The van der Waals surface area contributed by atoms with Crippen LogP contribution in [0.1, 0.15) is 38.9 Å². The maximum Gasteiger partial charge on any atom is 0.326 e. The molecule has 238 valence electrons. The highest BCUT2D eigenvalue weighted by molar-refractivity contribution is 6.02. The molecule has 0 bridgehead atoms. The van der Waals surface area contributed by atoms with Crippen molar-refractivity contribution in [2.45, 2.75) is 26.2 Å². The molecule has 0 saturated carbocycles. The molecule has 1 aliphatic rings. The van der Waals surface area contributed by atoms with Gasteiger partial charge in [-0.1, -0.05) is 41.6 Å². The number of anilines is 3. The number of rotatable bonds is 9. The Morgan fingerprint density at radius 3 is 2.39 bits per heavy atom. The lowest BCUT2D eigenvalue weighted by molar-refractivity contribution is -0.141. The van der Waals surface area contributed by atoms with E-state index in [9.17, 15) is 24.3 Å². The standard InChI is InChI=1S/C34H35N5O7/c1-20-7-5-6-8-29(20)38(3)34(44)36-27-14-9-22(16-30(27)45-4)17-31(40)35-24-12-10-23(11-13-24)25-18-39(19-26(25)33(42)43)32(41)28-15-21(2)46-37-28/h5-16,25-26H,17-19H2,1-4H3,(H,35,40)(H,36,44)(H,42,43). The van der Waals surface area contributed by atoms with E-state index in [2.05, 4.69) is 15.8 Å². The highest BCUT2D eigenvalue weighted by atomic mass is 16.5. The number of aromatic nitrogens is 1. The number of ether oxygens (including phenoxy) is 1. The minimum Gasteiger partial charge on any atom is -0.495 e. The number of hydrogen-bond donors (Lipinski definition) is 3. The normalized spacial score (nSPS) is 15.7. The summed E-state index contributed by atoms with van der Waals surface area (Å²) in [5.74, 6) is -1.95. The molecule has 1 aromatic heterocycles. The number of carboxylic acids is 1. The quantitative estimate of drug-likeness (QED) is 0.232. The van der Waals surface area contributed by atoms with Crippen LogP contribution in [0.2, 0.25) is 0 Å². The number of nitrogens with zero attached hydrogens (tertiary/aromatic N) is 3. The summed E-state index contributed by atoms with van der Waals surface area (Å²) in [6.07, 6.45) is 0.0533. The molecule has 12 nitrogen and oxygen atoms in total. The Hall–Kier alpha value is -5.65. The molecule has 5 rings (SSSR count). The number of hydrogen-bond acceptors (Lipinski definition) is 7. The van der Waals surface area contributed by atoms with Crippen LogP contribution in [0.25, 0.3) is 0 Å². The second-order valence-electron chi connectivity index (χ2n) is 11.2. The van der Waals surface area contributed by atoms with Crippen molar-refractivity contribution in [3.63, 3.8) is 0 Å². The van der Waals surface area contributed by atoms with Gasteiger partial charge in [-0.15, -0.1) is 0 Å². The van der Waals surface area contributed by atoms with Crippen LogP contribution in [0, 0.1) is 19.8 Å². The molecule has 2 unspecified atom stereocenters. The van der Waals surface area contributed by atoms with E-state index in [4.69, 9.17) is 9.26 Å². The van der Waals surface area contributed by atoms with E-state index in [0.29, 0.717) is 28.4 Å². The van der Waals surface area contributed by atoms with Crippen molar-refractivity contribution in [2.75, 3.05) is 42.8 Å². The van der Waals surface area contributed by atoms with E-state index >= 15 is 0 Å². The maximum atomic E-state index is 12.9. The first kappa shape index (κ1) is 31.8. The highest BCUT2D eigenvalue weighted by Gasteiger charge is 2.41. The van der Waals surface area contributed by atoms with E-state index < -0.39 is 17.8 Å². The zero-order valence-corrected chi connectivity index (χ0v) is 25.9. The summed E-state index contributed by atoms with van der Waals surface area (Å²) in [5, 5.41) is 19.3. The number of para-hydroxylation sites is 1. The fraction of sp³-hybridized carbons (Fsp3) is 0.265. The SMILES string of the molecule is COc1cc(CC(=O)Nc2ccc(C3CN(C(=O)c4cc(C)on4)CC3C(=O)O)cc2)ccc1NC(=O)N(C)c1ccccc1C. The molecular weight excluding hydrogens is 590 g/mol. The van der Waals surface area contributed by atoms with Crippen molar-refractivity contribution in [2.24, 2.45) is 5.92 Å². The molecule has 3 N–H and O–H groups in total. The lowest BCUT2D eigenvalue weighted by atomic mass is 9.89. The number of carbonyl (C=O) groups excluding carboxylic acids is 3. The summed E-state index contributed by atoms with van der Waals surface area (Å²) in [7, 11) is 3.18. The summed E-state index contributed by atoms with van der Waals surface area (Å²) < 4.78 is 10.5. The van der Waals surface area contributed by atoms with Crippen LogP contribution >= 0.6 is 0 Å². The average Bonchev–Trinajstić information content (AvgIpc) is 3.69. The molecule has 46 heavy (non-hydrogen) atoms. The third-order valence-corrected chi connectivity index (χ3v) is 8.05. The minimum absolute atomic E-state index is 0.0533. The number of methoxy groups -OCH3 is 1. The summed E-state index contributed by atoms with van der Waals surface area (Å²) >= 11 is 0. The summed E-state index contributed by atoms with van der Waals surface area (Å²) in [6, 6.07) is 20.8. The molecule has 0 spiro atoms. The molecule has 0 radical (unpaired) electrons. The summed E-state index contributed by atoms with van der Waals surface area (Å²) in [5.41, 5.74) is 4.31. The lowest BCUT2D eigenvalue weighted by Crippen LogP contribution is -2.31. The topological polar surface area (TPSA) is 154 Å². The molecule has 2 heterocycles. The Morgan fingerprint density at radius 1 is 1.00 bits per heavy atom. The summed E-state index contributed by atoms with van der Waals surface area (Å²) in [6.45, 7) is 3.88. The first-order valence-electron chi connectivity index (χ1n) is 14.7. The number of aryl methyl sites for hydroxylation is 2. The largest absolute Gasteiger partial charge is 0.495 e. The van der Waals surface area contributed by atoms with Crippen molar-refractivity contribution >= 4 is 40.9 Å². The molecule has 2 atom stereocenters. The number of aliphatic carboxylic acids is 1. The molecule has 1 fully saturated rings. The lowest BCUT2D eigenvalue weighted by Gasteiger charge is -2.21. The molecule has 4 aromatic rings. The van der Waals surface area contributed by atoms with Crippen LogP contribution in [-0.4, -0.2) is 66.2 Å². The van der Waals surface area contributed by atoms with Gasteiger partial charge < -0.3 is 29.9 Å². The Bertz CT molecular complexity index is 1770. The highest BCUT2D eigenvalue weighted by Crippen LogP contribution is 2.34. The van der Waals surface area contributed by atoms with Crippen molar-refractivity contribution in [1.29, 1.82) is 0 Å². The Morgan fingerprint density at radius 2 is 1.74 bits per heavy atom. The smallest absolute Gasteiger partial charge is 0.326 e. The van der Waals surface area contributed by atoms with Crippen molar-refractivity contribution in [3.8, 4) is 5.75 Å². The second-order valence-corrected chi connectivity index (χ2v) is 11.2. The van der Waals surface area contributed by atoms with Crippen LogP contribution in [0.15, 0.2) is 77.3 Å². The van der Waals surface area contributed by atoms with Gasteiger partial charge in [-0.05, 0) is 60.9 Å². The first-order chi connectivity index (χ1) is 22.0. The Labute approximate surface area is 265 Å². The fourth-order valence-electron chi connectivity index (χ4n) is 5.59. The minimum atomic E-state index is -0.992. The Kier molecular flexibility index (Phi) is 9.36. The zero-order chi connectivity index (χ0) is 33.0. The van der Waals surface area contributed by atoms with Gasteiger partial charge in [0.15, 0.2) is 5.69 Å². The predicted octanol–water partition coefficient (Wildman–Crippen LogP) is 5.09. The van der Waals surface area contributed by atoms with Crippen LogP contribution in [-0.2, 0) is 16.0 Å². The molecular formula is C34H35N5O7. The van der Waals surface area contributed by atoms with Gasteiger partial charge in [0.05, 0.1) is 25.1 Å². The van der Waals surface area contributed by atoms with Gasteiger partial charge in [0, 0.05) is 43.5 Å². The van der Waals surface area contributed by atoms with E-state index in [1.54, 1.807) is 56.4 Å². The van der Waals surface area contributed by atoms with Crippen LogP contribution in [0.3, 0.4) is 0 Å². The number of nitrogens with one attached hydrogen (secondary N) is 2. The Balaban J connectivity index is 1.20. The second kappa shape index (κ2) is 13.6. The molecule has 3 aromatic carbocycles. The van der Waals surface area contributed by atoms with Gasteiger partial charge in [-0.25, -0.2) is 4.79 Å². The number of likely N-dealkylation sites (tertiary alicyclic amines) is 1. The maximum absolute atomic E-state index is 12.9. The number of urea groups is 1. The van der Waals surface area contributed by atoms with E-state index in [1.165, 1.54) is 23.0 Å². The fourth-order valence-corrected chi connectivity index (χ4v) is 5.59. The number of carboxylic acid groups (broad SMARTS) is 1. The molecule has 12 heteroatoms. The third-order valence-electron chi connectivity index (χ3n) is 8.05. The number of carbonyl (C=O) groups is 4. The summed E-state index contributed by atoms with van der Waals surface area (Å²) in [4.78, 5) is 53.7. The van der Waals surface area contributed by atoms with Crippen molar-refractivity contribution in [3.05, 3.63) is 101 Å². The number of benzene rings is 3. The monoisotopic (exact) mass is 625 g/mol. The van der Waals surface area contributed by atoms with Crippen LogP contribution in [0.5, 0.6) is 5.75 Å². The third kappa shape index (κ3) is 7.01. The zero-order valence-electron chi connectivity index (χ0n) is 25.9. The molecule has 1 aliphatic heterocycles. The van der Waals surface area contributed by atoms with E-state index in [1.807, 2.05) is 31.2 Å². The molecule has 0 aliphatic carbocycles. The van der Waals surface area contributed by atoms with Crippen molar-refractivity contribution < 1.29 is 33.5 Å². The number of amides is 4. The van der Waals surface area contributed by atoms with Gasteiger partial charge in [0.2, 0.25) is 5.91 Å².